The number of rotatable bonds is 18. The Labute approximate surface area is 357 Å². The van der Waals surface area contributed by atoms with Crippen LogP contribution in [-0.4, -0.2) is 66.9 Å². The molecule has 2 fully saturated rings. The Morgan fingerprint density at radius 1 is 0.869 bits per heavy atom. The highest BCUT2D eigenvalue weighted by Gasteiger charge is 2.68. The van der Waals surface area contributed by atoms with E-state index in [1.807, 2.05) is 97.9 Å². The summed E-state index contributed by atoms with van der Waals surface area (Å²) in [4.78, 5) is 28.1. The average Bonchev–Trinajstić information content (AvgIpc) is 3.78. The van der Waals surface area contributed by atoms with Crippen LogP contribution in [0.5, 0.6) is 11.5 Å². The van der Waals surface area contributed by atoms with Crippen molar-refractivity contribution in [1.29, 1.82) is 5.26 Å². The van der Waals surface area contributed by atoms with E-state index in [9.17, 15) is 14.9 Å². The first kappa shape index (κ1) is 43.8. The molecule has 14 heteroatoms. The number of methoxy groups -OCH3 is 2. The second kappa shape index (κ2) is 18.7. The van der Waals surface area contributed by atoms with Gasteiger partial charge in [-0.15, -0.1) is 0 Å². The molecule has 0 amide bonds. The van der Waals surface area contributed by atoms with Crippen molar-refractivity contribution < 1.29 is 32.7 Å². The molecule has 13 nitrogen and oxygen atoms in total. The summed E-state index contributed by atoms with van der Waals surface area (Å²) in [5.74, 6) is 1.54. The summed E-state index contributed by atoms with van der Waals surface area (Å²) in [6, 6.07) is 37.0. The number of para-hydroxylation sites is 1. The Hall–Kier alpha value is -5.32. The summed E-state index contributed by atoms with van der Waals surface area (Å²) in [5.41, 5.74) is 0.702. The first-order chi connectivity index (χ1) is 29.5. The van der Waals surface area contributed by atoms with Gasteiger partial charge in [-0.25, -0.2) is 4.79 Å². The van der Waals surface area contributed by atoms with Crippen LogP contribution >= 0.6 is 8.53 Å². The van der Waals surface area contributed by atoms with Gasteiger partial charge in [-0.05, 0) is 79.3 Å². The minimum absolute atomic E-state index is 0.0415. The molecular weight excluding hydrogens is 796 g/mol. The molecule has 0 spiro atoms. The molecule has 3 heterocycles. The molecule has 2 aliphatic heterocycles. The summed E-state index contributed by atoms with van der Waals surface area (Å²) in [7, 11) is 1.29. The van der Waals surface area contributed by atoms with Crippen LogP contribution in [0.4, 0.5) is 5.69 Å². The van der Waals surface area contributed by atoms with Gasteiger partial charge in [-0.1, -0.05) is 86.6 Å². The van der Waals surface area contributed by atoms with E-state index in [2.05, 4.69) is 55.6 Å². The van der Waals surface area contributed by atoms with E-state index in [-0.39, 0.29) is 31.6 Å². The molecule has 2 aliphatic rings. The van der Waals surface area contributed by atoms with Crippen LogP contribution in [0.25, 0.3) is 0 Å². The number of anilines is 1. The third kappa shape index (κ3) is 8.49. The highest BCUT2D eigenvalue weighted by Crippen LogP contribution is 2.58. The number of nitriles is 1. The maximum absolute atomic E-state index is 13.5. The van der Waals surface area contributed by atoms with Crippen molar-refractivity contribution in [2.24, 2.45) is 0 Å². The Bertz CT molecular complexity index is 2350. The Morgan fingerprint density at radius 3 is 2.05 bits per heavy atom. The fraction of sp³-hybridized carbons (Fsp3) is 0.383. The molecule has 1 aromatic heterocycles. The van der Waals surface area contributed by atoms with Crippen LogP contribution in [0.1, 0.15) is 75.4 Å². The van der Waals surface area contributed by atoms with E-state index in [4.69, 9.17) is 32.7 Å². The largest absolute Gasteiger partial charge is 0.497 e. The predicted molar refractivity (Wildman–Crippen MR) is 233 cm³/mol. The van der Waals surface area contributed by atoms with Crippen molar-refractivity contribution in [1.82, 2.24) is 9.55 Å². The second-order valence-corrected chi connectivity index (χ2v) is 17.1. The number of ether oxygens (including phenoxy) is 5. The van der Waals surface area contributed by atoms with E-state index in [1.165, 1.54) is 16.8 Å². The smallest absolute Gasteiger partial charge is 0.330 e. The number of aromatic nitrogens is 2. The first-order valence-corrected chi connectivity index (χ1v) is 21.6. The lowest BCUT2D eigenvalue weighted by molar-refractivity contribution is -0.230. The van der Waals surface area contributed by atoms with E-state index >= 15 is 0 Å². The lowest BCUT2D eigenvalue weighted by atomic mass is 9.79. The molecular formula is C47H53N4O9P. The highest BCUT2D eigenvalue weighted by atomic mass is 31.2. The predicted octanol–water partition coefficient (Wildman–Crippen LogP) is 8.20. The molecule has 5 aromatic rings. The van der Waals surface area contributed by atoms with Crippen molar-refractivity contribution in [2.45, 2.75) is 88.7 Å². The van der Waals surface area contributed by atoms with Gasteiger partial charge < -0.3 is 37.4 Å². The van der Waals surface area contributed by atoms with Crippen molar-refractivity contribution in [3.05, 3.63) is 158 Å². The fourth-order valence-electron chi connectivity index (χ4n) is 8.28. The Morgan fingerprint density at radius 2 is 1.48 bits per heavy atom. The maximum Gasteiger partial charge on any atom is 0.330 e. The van der Waals surface area contributed by atoms with Crippen molar-refractivity contribution >= 4 is 14.2 Å². The van der Waals surface area contributed by atoms with Gasteiger partial charge in [0, 0.05) is 24.0 Å². The number of nitrogens with zero attached hydrogens (tertiary/aromatic N) is 3. The number of fused-ring (bicyclic) bond motifs is 2. The molecule has 7 rings (SSSR count). The Balaban J connectivity index is 1.40. The van der Waals surface area contributed by atoms with Gasteiger partial charge in [-0.3, -0.25) is 14.3 Å². The summed E-state index contributed by atoms with van der Waals surface area (Å²) >= 11 is 0. The molecule has 61 heavy (non-hydrogen) atoms. The number of benzene rings is 4. The lowest BCUT2D eigenvalue weighted by Crippen LogP contribution is -2.55. The number of aromatic amines is 1. The highest BCUT2D eigenvalue weighted by molar-refractivity contribution is 7.49. The molecule has 2 saturated heterocycles. The van der Waals surface area contributed by atoms with Gasteiger partial charge in [0.05, 0.1) is 46.0 Å². The maximum atomic E-state index is 13.5. The topological polar surface area (TPSA) is 147 Å². The SMILES string of the molecule is COc1ccc(C(O[C@@H](C)C23COC(C(n4ccc(=O)[nH]c4=O)O2)C3OP(OCCC#N)N(c2ccccc2C(C)C)C(C)C)(c2ccccc2)c2ccc(OC)cc2)cc1. The van der Waals surface area contributed by atoms with E-state index < -0.39 is 55.5 Å². The molecule has 5 unspecified atom stereocenters. The van der Waals surface area contributed by atoms with Gasteiger partial charge >= 0.3 is 5.69 Å². The normalized spacial score (nSPS) is 20.7. The van der Waals surface area contributed by atoms with E-state index in [0.717, 1.165) is 27.9 Å². The van der Waals surface area contributed by atoms with Gasteiger partial charge in [0.25, 0.3) is 14.1 Å². The number of nitrogens with one attached hydrogen (secondary N) is 1. The van der Waals surface area contributed by atoms with E-state index in [1.54, 1.807) is 14.2 Å². The van der Waals surface area contributed by atoms with Crippen LogP contribution in [-0.2, 0) is 28.9 Å². The molecule has 2 bridgehead atoms. The van der Waals surface area contributed by atoms with Crippen LogP contribution in [0.2, 0.25) is 0 Å². The second-order valence-electron chi connectivity index (χ2n) is 15.7. The molecule has 0 radical (unpaired) electrons. The number of hydrogen-bond acceptors (Lipinski definition) is 11. The molecule has 6 atom stereocenters. The standard InChI is InChI=1S/C47H53N4O9P/c1-31(2)39-16-11-12-17-40(39)51(32(3)4)61(57-29-13-27-48)60-43-42-44(50-28-26-41(52)49-45(50)53)59-46(43,30-56-42)33(5)58-47(34-14-9-8-10-15-34,35-18-22-37(54-6)23-19-35)36-20-24-38(55-7)25-21-36/h8-12,14-26,28,31-33,42-44H,13,29-30H2,1-7H3,(H,49,52,53)/t33-,42?,43?,44?,46?,61?/m0/s1. The van der Waals surface area contributed by atoms with Gasteiger partial charge in [0.2, 0.25) is 0 Å². The summed E-state index contributed by atoms with van der Waals surface area (Å²) < 4.78 is 49.9. The zero-order valence-corrected chi connectivity index (χ0v) is 36.4. The quantitative estimate of drug-likeness (QED) is 0.0517. The third-order valence-corrected chi connectivity index (χ3v) is 13.2. The zero-order chi connectivity index (χ0) is 43.3. The van der Waals surface area contributed by atoms with Crippen LogP contribution in [0, 0.1) is 11.3 Å². The third-order valence-electron chi connectivity index (χ3n) is 11.3. The van der Waals surface area contributed by atoms with Crippen LogP contribution in [0.15, 0.2) is 125 Å². The van der Waals surface area contributed by atoms with Crippen molar-refractivity contribution in [3.63, 3.8) is 0 Å². The van der Waals surface area contributed by atoms with Crippen LogP contribution in [0.3, 0.4) is 0 Å². The number of hydrogen-bond donors (Lipinski definition) is 1. The first-order valence-electron chi connectivity index (χ1n) is 20.5. The number of H-pyrrole nitrogens is 1. The van der Waals surface area contributed by atoms with Crippen LogP contribution < -0.4 is 25.4 Å². The van der Waals surface area contributed by atoms with Crippen molar-refractivity contribution in [2.75, 3.05) is 32.1 Å². The molecule has 0 saturated carbocycles. The summed E-state index contributed by atoms with van der Waals surface area (Å²) in [6.07, 6.45) is -2.02. The lowest BCUT2D eigenvalue weighted by Gasteiger charge is -2.44. The van der Waals surface area contributed by atoms with E-state index in [0.29, 0.717) is 11.5 Å². The van der Waals surface area contributed by atoms with Gasteiger partial charge in [0.1, 0.15) is 34.9 Å². The minimum atomic E-state index is -1.96. The average molecular weight is 849 g/mol. The monoisotopic (exact) mass is 848 g/mol. The molecule has 1 N–H and O–H groups in total. The molecule has 320 valence electrons. The van der Waals surface area contributed by atoms with Crippen molar-refractivity contribution in [3.8, 4) is 17.6 Å². The van der Waals surface area contributed by atoms with Gasteiger partial charge in [-0.2, -0.15) is 5.26 Å². The summed E-state index contributed by atoms with van der Waals surface area (Å²) in [5, 5.41) is 9.60. The molecule has 4 aromatic carbocycles. The van der Waals surface area contributed by atoms with Gasteiger partial charge in [0.15, 0.2) is 6.23 Å². The zero-order valence-electron chi connectivity index (χ0n) is 35.5. The minimum Gasteiger partial charge on any atom is -0.497 e. The molecule has 0 aliphatic carbocycles. The Kier molecular flexibility index (Phi) is 13.4. The fourth-order valence-corrected chi connectivity index (χ4v) is 10.0. The summed E-state index contributed by atoms with van der Waals surface area (Å²) in [6.45, 7) is 10.5.